The third-order valence-corrected chi connectivity index (χ3v) is 5.37. The molecule has 0 radical (unpaired) electrons. The first-order valence-corrected chi connectivity index (χ1v) is 9.86. The Morgan fingerprint density at radius 2 is 2.10 bits per heavy atom. The Balaban J connectivity index is 0.000000370. The molecule has 1 atom stereocenters. The molecule has 2 heterocycles. The van der Waals surface area contributed by atoms with Crippen molar-refractivity contribution in [3.05, 3.63) is 56.1 Å². The van der Waals surface area contributed by atoms with Gasteiger partial charge in [-0.2, -0.15) is 13.2 Å². The molecule has 0 spiro atoms. The van der Waals surface area contributed by atoms with Crippen LogP contribution in [0.2, 0.25) is 0 Å². The zero-order valence-electron chi connectivity index (χ0n) is 15.9. The lowest BCUT2D eigenvalue weighted by Crippen LogP contribution is -2.37. The van der Waals surface area contributed by atoms with E-state index in [4.69, 9.17) is 14.6 Å². The molecule has 160 valence electrons. The maximum Gasteiger partial charge on any atom is 0.490 e. The maximum absolute atomic E-state index is 12.1. The number of rotatable bonds is 6. The average molecular weight is 432 g/mol. The highest BCUT2D eigenvalue weighted by molar-refractivity contribution is 7.09. The first kappa shape index (κ1) is 23.1. The number of methoxy groups -OCH3 is 1. The highest BCUT2D eigenvalue weighted by Gasteiger charge is 2.38. The van der Waals surface area contributed by atoms with Gasteiger partial charge in [0.05, 0.1) is 6.61 Å². The molecule has 1 aliphatic carbocycles. The zero-order valence-corrected chi connectivity index (χ0v) is 16.7. The van der Waals surface area contributed by atoms with Gasteiger partial charge in [-0.3, -0.25) is 4.79 Å². The summed E-state index contributed by atoms with van der Waals surface area (Å²) in [4.78, 5) is 22.3. The lowest BCUT2D eigenvalue weighted by atomic mass is 9.91. The molecule has 29 heavy (non-hydrogen) atoms. The van der Waals surface area contributed by atoms with Gasteiger partial charge in [-0.15, -0.1) is 11.3 Å². The second-order valence-corrected chi connectivity index (χ2v) is 7.52. The van der Waals surface area contributed by atoms with Gasteiger partial charge < -0.3 is 19.7 Å². The largest absolute Gasteiger partial charge is 0.490 e. The van der Waals surface area contributed by atoms with E-state index in [0.717, 1.165) is 25.8 Å². The SMILES string of the molecule is COCCn1c2c(ccc1=O)CC(NCc1cccs1)CC2.O=C(O)C(F)(F)F. The van der Waals surface area contributed by atoms with Crippen molar-refractivity contribution in [3.8, 4) is 0 Å². The number of nitrogens with zero attached hydrogens (tertiary/aromatic N) is 1. The number of halogens is 3. The second kappa shape index (κ2) is 10.6. The summed E-state index contributed by atoms with van der Waals surface area (Å²) in [5.74, 6) is -2.76. The number of carboxylic acid groups (broad SMARTS) is 1. The van der Waals surface area contributed by atoms with Gasteiger partial charge in [-0.1, -0.05) is 12.1 Å². The van der Waals surface area contributed by atoms with E-state index in [-0.39, 0.29) is 5.56 Å². The number of fused-ring (bicyclic) bond motifs is 1. The summed E-state index contributed by atoms with van der Waals surface area (Å²) in [5.41, 5.74) is 2.57. The third-order valence-electron chi connectivity index (χ3n) is 4.49. The van der Waals surface area contributed by atoms with Crippen LogP contribution in [0.15, 0.2) is 34.4 Å². The lowest BCUT2D eigenvalue weighted by Gasteiger charge is -2.27. The minimum atomic E-state index is -5.08. The van der Waals surface area contributed by atoms with E-state index in [1.54, 1.807) is 24.5 Å². The van der Waals surface area contributed by atoms with Crippen molar-refractivity contribution in [1.29, 1.82) is 0 Å². The van der Waals surface area contributed by atoms with Crippen molar-refractivity contribution in [2.75, 3.05) is 13.7 Å². The van der Waals surface area contributed by atoms with E-state index in [1.165, 1.54) is 16.1 Å². The van der Waals surface area contributed by atoms with E-state index in [0.29, 0.717) is 19.2 Å². The number of hydrogen-bond donors (Lipinski definition) is 2. The van der Waals surface area contributed by atoms with Gasteiger partial charge >= 0.3 is 12.1 Å². The summed E-state index contributed by atoms with van der Waals surface area (Å²) in [6, 6.07) is 8.43. The number of alkyl halides is 3. The number of hydrogen-bond acceptors (Lipinski definition) is 5. The van der Waals surface area contributed by atoms with Crippen molar-refractivity contribution in [1.82, 2.24) is 9.88 Å². The predicted molar refractivity (Wildman–Crippen MR) is 103 cm³/mol. The molecule has 0 bridgehead atoms. The van der Waals surface area contributed by atoms with Crippen molar-refractivity contribution in [3.63, 3.8) is 0 Å². The first-order valence-electron chi connectivity index (χ1n) is 8.98. The summed E-state index contributed by atoms with van der Waals surface area (Å²) < 4.78 is 38.7. The van der Waals surface area contributed by atoms with Crippen molar-refractivity contribution >= 4 is 17.3 Å². The van der Waals surface area contributed by atoms with Crippen LogP contribution in [0.25, 0.3) is 0 Å². The molecule has 0 aliphatic heterocycles. The smallest absolute Gasteiger partial charge is 0.475 e. The van der Waals surface area contributed by atoms with Gasteiger partial charge in [0.25, 0.3) is 5.56 Å². The molecule has 0 amide bonds. The number of aromatic nitrogens is 1. The molecule has 10 heteroatoms. The molecule has 6 nitrogen and oxygen atoms in total. The number of ether oxygens (including phenoxy) is 1. The van der Waals surface area contributed by atoms with Gasteiger partial charge in [0.2, 0.25) is 0 Å². The number of thiophene rings is 1. The fraction of sp³-hybridized carbons (Fsp3) is 0.474. The standard InChI is InChI=1S/C17H22N2O2S.C2HF3O2/c1-21-9-8-19-16-6-5-14(11-13(16)4-7-17(19)20)18-12-15-3-2-10-22-15;3-2(4,5)1(6)7/h2-4,7,10,14,18H,5-6,8-9,11-12H2,1H3;(H,6,7). The third kappa shape index (κ3) is 6.98. The van der Waals surface area contributed by atoms with Crippen LogP contribution in [0, 0.1) is 0 Å². The average Bonchev–Trinajstić information content (AvgIpc) is 3.19. The number of carbonyl (C=O) groups is 1. The maximum atomic E-state index is 12.1. The van der Waals surface area contributed by atoms with Gasteiger partial charge in [0, 0.05) is 42.9 Å². The van der Waals surface area contributed by atoms with E-state index in [9.17, 15) is 18.0 Å². The Kier molecular flexibility index (Phi) is 8.42. The van der Waals surface area contributed by atoms with Crippen LogP contribution in [0.1, 0.15) is 22.6 Å². The van der Waals surface area contributed by atoms with Crippen molar-refractivity contribution in [2.24, 2.45) is 0 Å². The molecular formula is C19H23F3N2O4S. The molecule has 3 rings (SSSR count). The summed E-state index contributed by atoms with van der Waals surface area (Å²) in [5, 5.41) is 12.9. The summed E-state index contributed by atoms with van der Waals surface area (Å²) >= 11 is 1.79. The zero-order chi connectivity index (χ0) is 21.4. The number of carboxylic acids is 1. The highest BCUT2D eigenvalue weighted by Crippen LogP contribution is 2.21. The minimum Gasteiger partial charge on any atom is -0.475 e. The van der Waals surface area contributed by atoms with Crippen molar-refractivity contribution < 1.29 is 27.8 Å². The molecule has 0 saturated carbocycles. The Hall–Kier alpha value is -2.17. The van der Waals surface area contributed by atoms with Gasteiger partial charge in [-0.25, -0.2) is 4.79 Å². The van der Waals surface area contributed by atoms with E-state index in [2.05, 4.69) is 22.8 Å². The second-order valence-electron chi connectivity index (χ2n) is 6.49. The Labute approximate surface area is 169 Å². The normalized spacial score (nSPS) is 15.9. The molecule has 0 aromatic carbocycles. The Morgan fingerprint density at radius 3 is 2.69 bits per heavy atom. The fourth-order valence-electron chi connectivity index (χ4n) is 3.08. The topological polar surface area (TPSA) is 80.6 Å². The fourth-order valence-corrected chi connectivity index (χ4v) is 3.74. The molecule has 0 fully saturated rings. The predicted octanol–water partition coefficient (Wildman–Crippen LogP) is 2.84. The van der Waals surface area contributed by atoms with Crippen LogP contribution in [0.4, 0.5) is 13.2 Å². The molecule has 0 saturated heterocycles. The monoisotopic (exact) mass is 432 g/mol. The minimum absolute atomic E-state index is 0.0841. The highest BCUT2D eigenvalue weighted by atomic mass is 32.1. The van der Waals surface area contributed by atoms with Crippen LogP contribution in [-0.2, 0) is 35.5 Å². The summed E-state index contributed by atoms with van der Waals surface area (Å²) in [6.07, 6.45) is -2.06. The van der Waals surface area contributed by atoms with Crippen molar-refractivity contribution in [2.45, 2.75) is 44.6 Å². The van der Waals surface area contributed by atoms with Crippen LogP contribution < -0.4 is 10.9 Å². The summed E-state index contributed by atoms with van der Waals surface area (Å²) in [7, 11) is 1.67. The number of nitrogens with one attached hydrogen (secondary N) is 1. The van der Waals surface area contributed by atoms with E-state index < -0.39 is 12.1 Å². The Bertz CT molecular complexity index is 850. The van der Waals surface area contributed by atoms with Gasteiger partial charge in [0.15, 0.2) is 0 Å². The first-order chi connectivity index (χ1) is 13.7. The molecular weight excluding hydrogens is 409 g/mol. The van der Waals surface area contributed by atoms with E-state index in [1.807, 2.05) is 10.6 Å². The summed E-state index contributed by atoms with van der Waals surface area (Å²) in [6.45, 7) is 2.16. The number of aliphatic carboxylic acids is 1. The van der Waals surface area contributed by atoms with Crippen LogP contribution in [0.5, 0.6) is 0 Å². The molecule has 2 aromatic heterocycles. The van der Waals surface area contributed by atoms with Crippen LogP contribution in [0.3, 0.4) is 0 Å². The van der Waals surface area contributed by atoms with E-state index >= 15 is 0 Å². The Morgan fingerprint density at radius 1 is 1.38 bits per heavy atom. The lowest BCUT2D eigenvalue weighted by molar-refractivity contribution is -0.192. The molecule has 1 unspecified atom stereocenters. The van der Waals surface area contributed by atoms with Gasteiger partial charge in [-0.05, 0) is 36.3 Å². The molecule has 2 aromatic rings. The van der Waals surface area contributed by atoms with Crippen LogP contribution in [-0.4, -0.2) is 41.6 Å². The quantitative estimate of drug-likeness (QED) is 0.734. The van der Waals surface area contributed by atoms with Crippen LogP contribution >= 0.6 is 11.3 Å². The van der Waals surface area contributed by atoms with Gasteiger partial charge in [0.1, 0.15) is 0 Å². The number of pyridine rings is 1. The molecule has 2 N–H and O–H groups in total. The molecule has 1 aliphatic rings.